The van der Waals surface area contributed by atoms with Gasteiger partial charge in [0.05, 0.1) is 0 Å². The largest absolute Gasteiger partial charge is 0.398 e. The van der Waals surface area contributed by atoms with Gasteiger partial charge in [-0.1, -0.05) is 19.9 Å². The second-order valence-electron chi connectivity index (χ2n) is 4.42. The zero-order valence-electron chi connectivity index (χ0n) is 10.0. The molecule has 17 heavy (non-hydrogen) atoms. The van der Waals surface area contributed by atoms with Gasteiger partial charge < -0.3 is 10.3 Å². The molecule has 90 valence electrons. The lowest BCUT2D eigenvalue weighted by atomic mass is 10.2. The van der Waals surface area contributed by atoms with Crippen LogP contribution in [0.3, 0.4) is 0 Å². The molecule has 0 radical (unpaired) electrons. The number of nitrogens with zero attached hydrogens (tertiary/aromatic N) is 2. The molecule has 0 bridgehead atoms. The highest BCUT2D eigenvalue weighted by molar-refractivity contribution is 9.10. The Morgan fingerprint density at radius 1 is 1.41 bits per heavy atom. The van der Waals surface area contributed by atoms with E-state index in [9.17, 15) is 0 Å². The van der Waals surface area contributed by atoms with Gasteiger partial charge in [0.1, 0.15) is 5.82 Å². The maximum Gasteiger partial charge on any atom is 0.111 e. The van der Waals surface area contributed by atoms with Gasteiger partial charge >= 0.3 is 0 Å². The van der Waals surface area contributed by atoms with E-state index in [0.29, 0.717) is 5.92 Å². The summed E-state index contributed by atoms with van der Waals surface area (Å²) in [6.07, 6.45) is 3.85. The first kappa shape index (κ1) is 12.2. The molecule has 0 fully saturated rings. The lowest BCUT2D eigenvalue weighted by Gasteiger charge is -2.11. The van der Waals surface area contributed by atoms with Gasteiger partial charge in [0, 0.05) is 35.0 Å². The van der Waals surface area contributed by atoms with Gasteiger partial charge in [-0.2, -0.15) is 0 Å². The van der Waals surface area contributed by atoms with Crippen LogP contribution in [0.25, 0.3) is 0 Å². The number of rotatable bonds is 3. The summed E-state index contributed by atoms with van der Waals surface area (Å²) in [4.78, 5) is 4.37. The molecule has 0 amide bonds. The molecule has 0 aliphatic rings. The third-order valence-electron chi connectivity index (χ3n) is 2.68. The molecule has 1 aromatic heterocycles. The third-order valence-corrected chi connectivity index (χ3v) is 3.40. The molecule has 0 atom stereocenters. The van der Waals surface area contributed by atoms with Crippen molar-refractivity contribution in [2.24, 2.45) is 0 Å². The number of hydrogen-bond donors (Lipinski definition) is 1. The zero-order chi connectivity index (χ0) is 12.4. The van der Waals surface area contributed by atoms with Crippen LogP contribution in [-0.2, 0) is 6.54 Å². The number of nitrogen functional groups attached to an aromatic ring is 1. The van der Waals surface area contributed by atoms with Gasteiger partial charge in [-0.3, -0.25) is 0 Å². The Hall–Kier alpha value is -1.29. The van der Waals surface area contributed by atoms with Gasteiger partial charge in [-0.05, 0) is 33.6 Å². The van der Waals surface area contributed by atoms with Crippen LogP contribution < -0.4 is 5.73 Å². The minimum Gasteiger partial charge on any atom is -0.398 e. The smallest absolute Gasteiger partial charge is 0.111 e. The molecule has 2 rings (SSSR count). The summed E-state index contributed by atoms with van der Waals surface area (Å²) in [6.45, 7) is 5.11. The second kappa shape index (κ2) is 4.92. The van der Waals surface area contributed by atoms with Crippen molar-refractivity contribution < 1.29 is 0 Å². The third kappa shape index (κ3) is 2.69. The van der Waals surface area contributed by atoms with Crippen LogP contribution in [0.1, 0.15) is 31.2 Å². The standard InChI is InChI=1S/C13H16BrN3/c1-9(2)13-16-5-6-17(13)8-10-3-4-11(14)12(15)7-10/h3-7,9H,8,15H2,1-2H3. The molecule has 0 spiro atoms. The summed E-state index contributed by atoms with van der Waals surface area (Å²) in [7, 11) is 0. The van der Waals surface area contributed by atoms with Crippen LogP contribution in [-0.4, -0.2) is 9.55 Å². The van der Waals surface area contributed by atoms with Crippen molar-refractivity contribution in [2.45, 2.75) is 26.3 Å². The second-order valence-corrected chi connectivity index (χ2v) is 5.28. The topological polar surface area (TPSA) is 43.8 Å². The van der Waals surface area contributed by atoms with Gasteiger partial charge in [0.15, 0.2) is 0 Å². The number of aromatic nitrogens is 2. The van der Waals surface area contributed by atoms with Crippen molar-refractivity contribution in [1.82, 2.24) is 9.55 Å². The molecule has 2 aromatic rings. The molecule has 0 aliphatic carbocycles. The van der Waals surface area contributed by atoms with E-state index in [4.69, 9.17) is 5.73 Å². The SMILES string of the molecule is CC(C)c1nccn1Cc1ccc(Br)c(N)c1. The molecular formula is C13H16BrN3. The number of benzene rings is 1. The Kier molecular flexibility index (Phi) is 3.52. The fraction of sp³-hybridized carbons (Fsp3) is 0.308. The van der Waals surface area contributed by atoms with Gasteiger partial charge in [-0.25, -0.2) is 4.98 Å². The molecule has 3 nitrogen and oxygen atoms in total. The lowest BCUT2D eigenvalue weighted by molar-refractivity contribution is 0.670. The van der Waals surface area contributed by atoms with E-state index in [1.54, 1.807) is 0 Å². The molecule has 0 saturated carbocycles. The number of anilines is 1. The Bertz CT molecular complexity index is 517. The summed E-state index contributed by atoms with van der Waals surface area (Å²) in [5.74, 6) is 1.53. The van der Waals surface area contributed by atoms with E-state index in [-0.39, 0.29) is 0 Å². The highest BCUT2D eigenvalue weighted by Gasteiger charge is 2.07. The quantitative estimate of drug-likeness (QED) is 0.882. The molecule has 2 N–H and O–H groups in total. The molecule has 4 heteroatoms. The van der Waals surface area contributed by atoms with Gasteiger partial charge in [0.25, 0.3) is 0 Å². The first-order chi connectivity index (χ1) is 8.08. The van der Waals surface area contributed by atoms with E-state index in [2.05, 4.69) is 45.4 Å². The lowest BCUT2D eigenvalue weighted by Crippen LogP contribution is -2.06. The molecule has 1 aromatic carbocycles. The Morgan fingerprint density at radius 3 is 2.82 bits per heavy atom. The van der Waals surface area contributed by atoms with Crippen LogP contribution in [0.4, 0.5) is 5.69 Å². The Labute approximate surface area is 110 Å². The van der Waals surface area contributed by atoms with Crippen molar-refractivity contribution in [3.05, 3.63) is 46.5 Å². The molecule has 0 unspecified atom stereocenters. The average Bonchev–Trinajstić information content (AvgIpc) is 2.72. The Balaban J connectivity index is 2.25. The van der Waals surface area contributed by atoms with Crippen LogP contribution in [0.5, 0.6) is 0 Å². The van der Waals surface area contributed by atoms with Crippen molar-refractivity contribution in [3.8, 4) is 0 Å². The fourth-order valence-corrected chi connectivity index (χ4v) is 2.09. The summed E-state index contributed by atoms with van der Waals surface area (Å²) in [6, 6.07) is 6.05. The van der Waals surface area contributed by atoms with E-state index in [1.165, 1.54) is 5.56 Å². The fourth-order valence-electron chi connectivity index (χ4n) is 1.84. The van der Waals surface area contributed by atoms with Crippen LogP contribution in [0.15, 0.2) is 35.1 Å². The van der Waals surface area contributed by atoms with Gasteiger partial charge in [0.2, 0.25) is 0 Å². The summed E-state index contributed by atoms with van der Waals surface area (Å²) < 4.78 is 3.10. The molecule has 1 heterocycles. The predicted octanol–water partition coefficient (Wildman–Crippen LogP) is 3.40. The number of hydrogen-bond acceptors (Lipinski definition) is 2. The number of imidazole rings is 1. The van der Waals surface area contributed by atoms with E-state index in [1.807, 2.05) is 24.5 Å². The summed E-state index contributed by atoms with van der Waals surface area (Å²) in [5.41, 5.74) is 7.83. The molecule has 0 aliphatic heterocycles. The maximum atomic E-state index is 5.88. The first-order valence-electron chi connectivity index (χ1n) is 5.63. The van der Waals surface area contributed by atoms with Crippen molar-refractivity contribution in [3.63, 3.8) is 0 Å². The van der Waals surface area contributed by atoms with Crippen molar-refractivity contribution >= 4 is 21.6 Å². The summed E-state index contributed by atoms with van der Waals surface area (Å²) >= 11 is 3.40. The van der Waals surface area contributed by atoms with Crippen LogP contribution in [0, 0.1) is 0 Å². The minimum atomic E-state index is 0.429. The highest BCUT2D eigenvalue weighted by atomic mass is 79.9. The number of nitrogens with two attached hydrogens (primary N) is 1. The molecular weight excluding hydrogens is 278 g/mol. The average molecular weight is 294 g/mol. The monoisotopic (exact) mass is 293 g/mol. The Morgan fingerprint density at radius 2 is 2.18 bits per heavy atom. The highest BCUT2D eigenvalue weighted by Crippen LogP contribution is 2.21. The van der Waals surface area contributed by atoms with Crippen LogP contribution >= 0.6 is 15.9 Å². The predicted molar refractivity (Wildman–Crippen MR) is 74.0 cm³/mol. The van der Waals surface area contributed by atoms with E-state index in [0.717, 1.165) is 22.5 Å². The zero-order valence-corrected chi connectivity index (χ0v) is 11.6. The minimum absolute atomic E-state index is 0.429. The first-order valence-corrected chi connectivity index (χ1v) is 6.42. The van der Waals surface area contributed by atoms with Crippen LogP contribution in [0.2, 0.25) is 0 Å². The van der Waals surface area contributed by atoms with E-state index >= 15 is 0 Å². The van der Waals surface area contributed by atoms with Crippen molar-refractivity contribution in [1.29, 1.82) is 0 Å². The maximum absolute atomic E-state index is 5.88. The normalized spacial score (nSPS) is 11.1. The summed E-state index contributed by atoms with van der Waals surface area (Å²) in [5, 5.41) is 0. The number of halogens is 1. The van der Waals surface area contributed by atoms with Crippen molar-refractivity contribution in [2.75, 3.05) is 5.73 Å². The van der Waals surface area contributed by atoms with Gasteiger partial charge in [-0.15, -0.1) is 0 Å². The van der Waals surface area contributed by atoms with E-state index < -0.39 is 0 Å². The molecule has 0 saturated heterocycles.